The Bertz CT molecular complexity index is 647. The van der Waals surface area contributed by atoms with Crippen LogP contribution in [0, 0.1) is 0 Å². The standard InChI is InChI=1S/C21H27N3O/c25-21(22-14-8-11-18-9-4-3-5-10-18)20-13-12-19(17-23-20)24-15-6-1-2-7-16-24/h3-5,9-10,12-13,17H,1-2,6-8,11,14-16H2,(H,22,25). The lowest BCUT2D eigenvalue weighted by atomic mass is 10.1. The maximum absolute atomic E-state index is 12.2. The molecule has 3 rings (SSSR count). The minimum atomic E-state index is -0.0875. The molecule has 0 unspecified atom stereocenters. The summed E-state index contributed by atoms with van der Waals surface area (Å²) in [6, 6.07) is 14.2. The highest BCUT2D eigenvalue weighted by atomic mass is 16.1. The minimum Gasteiger partial charge on any atom is -0.370 e. The molecule has 132 valence electrons. The van der Waals surface area contributed by atoms with Gasteiger partial charge in [-0.25, -0.2) is 4.98 Å². The second kappa shape index (κ2) is 9.21. The summed E-state index contributed by atoms with van der Waals surface area (Å²) in [7, 11) is 0. The first-order valence-electron chi connectivity index (χ1n) is 9.36. The van der Waals surface area contributed by atoms with Crippen molar-refractivity contribution in [3.63, 3.8) is 0 Å². The number of aromatic nitrogens is 1. The monoisotopic (exact) mass is 337 g/mol. The zero-order valence-electron chi connectivity index (χ0n) is 14.8. The Kier molecular flexibility index (Phi) is 6.43. The zero-order chi connectivity index (χ0) is 17.3. The van der Waals surface area contributed by atoms with Gasteiger partial charge >= 0.3 is 0 Å². The zero-order valence-corrected chi connectivity index (χ0v) is 14.8. The van der Waals surface area contributed by atoms with Crippen molar-refractivity contribution in [1.29, 1.82) is 0 Å². The normalized spacial score (nSPS) is 14.8. The lowest BCUT2D eigenvalue weighted by Crippen LogP contribution is -2.27. The van der Waals surface area contributed by atoms with Crippen molar-refractivity contribution in [3.05, 3.63) is 59.9 Å². The number of anilines is 1. The van der Waals surface area contributed by atoms with E-state index in [4.69, 9.17) is 0 Å². The van der Waals surface area contributed by atoms with Gasteiger partial charge in [-0.2, -0.15) is 0 Å². The molecule has 0 bridgehead atoms. The van der Waals surface area contributed by atoms with E-state index in [0.717, 1.165) is 31.6 Å². The molecule has 0 radical (unpaired) electrons. The predicted octanol–water partition coefficient (Wildman–Crippen LogP) is 3.82. The largest absolute Gasteiger partial charge is 0.370 e. The van der Waals surface area contributed by atoms with Gasteiger partial charge in [-0.3, -0.25) is 4.79 Å². The van der Waals surface area contributed by atoms with E-state index in [-0.39, 0.29) is 5.91 Å². The van der Waals surface area contributed by atoms with Crippen LogP contribution in [0.4, 0.5) is 5.69 Å². The van der Waals surface area contributed by atoms with Crippen LogP contribution in [0.3, 0.4) is 0 Å². The molecule has 0 aliphatic carbocycles. The Hall–Kier alpha value is -2.36. The number of nitrogens with zero attached hydrogens (tertiary/aromatic N) is 2. The van der Waals surface area contributed by atoms with Crippen molar-refractivity contribution in [3.8, 4) is 0 Å². The van der Waals surface area contributed by atoms with E-state index in [9.17, 15) is 4.79 Å². The number of hydrogen-bond donors (Lipinski definition) is 1. The number of benzene rings is 1. The van der Waals surface area contributed by atoms with E-state index in [1.54, 1.807) is 0 Å². The SMILES string of the molecule is O=C(NCCCc1ccccc1)c1ccc(N2CCCCCC2)cn1. The third-order valence-corrected chi connectivity index (χ3v) is 4.72. The van der Waals surface area contributed by atoms with Gasteiger partial charge < -0.3 is 10.2 Å². The first-order valence-corrected chi connectivity index (χ1v) is 9.36. The average molecular weight is 337 g/mol. The lowest BCUT2D eigenvalue weighted by Gasteiger charge is -2.22. The Balaban J connectivity index is 1.45. The van der Waals surface area contributed by atoms with Crippen molar-refractivity contribution in [2.24, 2.45) is 0 Å². The van der Waals surface area contributed by atoms with Crippen molar-refractivity contribution < 1.29 is 4.79 Å². The highest BCUT2D eigenvalue weighted by molar-refractivity contribution is 5.92. The van der Waals surface area contributed by atoms with Crippen molar-refractivity contribution in [2.45, 2.75) is 38.5 Å². The highest BCUT2D eigenvalue weighted by Gasteiger charge is 2.12. The highest BCUT2D eigenvalue weighted by Crippen LogP contribution is 2.18. The molecule has 1 aliphatic heterocycles. The molecule has 0 spiro atoms. The van der Waals surface area contributed by atoms with Crippen molar-refractivity contribution in [1.82, 2.24) is 10.3 Å². The quantitative estimate of drug-likeness (QED) is 0.815. The van der Waals surface area contributed by atoms with E-state index in [2.05, 4.69) is 27.3 Å². The summed E-state index contributed by atoms with van der Waals surface area (Å²) in [5.74, 6) is -0.0875. The van der Waals surface area contributed by atoms with Gasteiger partial charge in [0.25, 0.3) is 5.91 Å². The maximum atomic E-state index is 12.2. The Labute approximate surface area is 150 Å². The van der Waals surface area contributed by atoms with E-state index >= 15 is 0 Å². The lowest BCUT2D eigenvalue weighted by molar-refractivity contribution is 0.0948. The molecule has 0 saturated carbocycles. The van der Waals surface area contributed by atoms with Gasteiger partial charge in [-0.1, -0.05) is 43.2 Å². The van der Waals surface area contributed by atoms with Crippen LogP contribution in [-0.4, -0.2) is 30.5 Å². The van der Waals surface area contributed by atoms with Crippen LogP contribution in [0.2, 0.25) is 0 Å². The second-order valence-electron chi connectivity index (χ2n) is 6.65. The molecule has 1 fully saturated rings. The molecule has 4 nitrogen and oxygen atoms in total. The van der Waals surface area contributed by atoms with Gasteiger partial charge in [0.2, 0.25) is 0 Å². The summed E-state index contributed by atoms with van der Waals surface area (Å²) in [4.78, 5) is 19.0. The number of amides is 1. The summed E-state index contributed by atoms with van der Waals surface area (Å²) in [5, 5.41) is 2.96. The van der Waals surface area contributed by atoms with E-state index in [1.165, 1.54) is 31.2 Å². The summed E-state index contributed by atoms with van der Waals surface area (Å²) < 4.78 is 0. The summed E-state index contributed by atoms with van der Waals surface area (Å²) in [6.45, 7) is 2.85. The van der Waals surface area contributed by atoms with Gasteiger partial charge in [0, 0.05) is 19.6 Å². The van der Waals surface area contributed by atoms with E-state index in [0.29, 0.717) is 12.2 Å². The topological polar surface area (TPSA) is 45.2 Å². The van der Waals surface area contributed by atoms with Gasteiger partial charge in [-0.05, 0) is 43.4 Å². The molecule has 4 heteroatoms. The van der Waals surface area contributed by atoms with Crippen LogP contribution in [0.15, 0.2) is 48.7 Å². The fraction of sp³-hybridized carbons (Fsp3) is 0.429. The number of aryl methyl sites for hydroxylation is 1. The molecule has 1 aromatic heterocycles. The van der Waals surface area contributed by atoms with Gasteiger partial charge in [0.05, 0.1) is 11.9 Å². The van der Waals surface area contributed by atoms with E-state index in [1.807, 2.05) is 36.5 Å². The smallest absolute Gasteiger partial charge is 0.269 e. The molecule has 25 heavy (non-hydrogen) atoms. The van der Waals surface area contributed by atoms with E-state index < -0.39 is 0 Å². The molecule has 2 heterocycles. The Morgan fingerprint density at radius 2 is 1.76 bits per heavy atom. The molecule has 1 amide bonds. The number of nitrogens with one attached hydrogen (secondary N) is 1. The van der Waals surface area contributed by atoms with Crippen LogP contribution < -0.4 is 10.2 Å². The molecular formula is C21H27N3O. The molecule has 1 N–H and O–H groups in total. The first kappa shape index (κ1) is 17.5. The fourth-order valence-corrected chi connectivity index (χ4v) is 3.27. The van der Waals surface area contributed by atoms with Crippen LogP contribution in [0.25, 0.3) is 0 Å². The Morgan fingerprint density at radius 3 is 2.44 bits per heavy atom. The third-order valence-electron chi connectivity index (χ3n) is 4.72. The maximum Gasteiger partial charge on any atom is 0.269 e. The number of pyridine rings is 1. The molecule has 1 aromatic carbocycles. The van der Waals surface area contributed by atoms with Crippen molar-refractivity contribution >= 4 is 11.6 Å². The van der Waals surface area contributed by atoms with Crippen LogP contribution in [-0.2, 0) is 6.42 Å². The number of rotatable bonds is 6. The van der Waals surface area contributed by atoms with Crippen LogP contribution in [0.5, 0.6) is 0 Å². The van der Waals surface area contributed by atoms with Crippen molar-refractivity contribution in [2.75, 3.05) is 24.5 Å². The van der Waals surface area contributed by atoms with Gasteiger partial charge in [-0.15, -0.1) is 0 Å². The predicted molar refractivity (Wildman–Crippen MR) is 102 cm³/mol. The summed E-state index contributed by atoms with van der Waals surface area (Å²) >= 11 is 0. The molecule has 1 saturated heterocycles. The van der Waals surface area contributed by atoms with Gasteiger partial charge in [0.15, 0.2) is 0 Å². The summed E-state index contributed by atoms with van der Waals surface area (Å²) in [6.07, 6.45) is 8.85. The first-order chi connectivity index (χ1) is 12.3. The van der Waals surface area contributed by atoms with Gasteiger partial charge in [0.1, 0.15) is 5.69 Å². The summed E-state index contributed by atoms with van der Waals surface area (Å²) in [5.41, 5.74) is 2.93. The average Bonchev–Trinajstić information content (AvgIpc) is 2.95. The molecule has 1 aliphatic rings. The second-order valence-corrected chi connectivity index (χ2v) is 6.65. The third kappa shape index (κ3) is 5.31. The van der Waals surface area contributed by atoms with Crippen LogP contribution in [0.1, 0.15) is 48.2 Å². The number of carbonyl (C=O) groups excluding carboxylic acids is 1. The molecular weight excluding hydrogens is 310 g/mol. The number of hydrogen-bond acceptors (Lipinski definition) is 3. The minimum absolute atomic E-state index is 0.0875. The van der Waals surface area contributed by atoms with Crippen LogP contribution >= 0.6 is 0 Å². The molecule has 0 atom stereocenters. The molecule has 2 aromatic rings. The number of carbonyl (C=O) groups is 1. The Morgan fingerprint density at radius 1 is 1.00 bits per heavy atom. The fourth-order valence-electron chi connectivity index (χ4n) is 3.27.